The number of aryl methyl sites for hydroxylation is 1. The maximum atomic E-state index is 15.1. The predicted octanol–water partition coefficient (Wildman–Crippen LogP) is 5.86. The maximum absolute atomic E-state index is 15.1. The lowest BCUT2D eigenvalue weighted by molar-refractivity contribution is -0.314. The number of nitrogens with zero attached hydrogens (tertiary/aromatic N) is 3. The number of ether oxygens (including phenoxy) is 8. The van der Waals surface area contributed by atoms with Crippen LogP contribution in [0.3, 0.4) is 0 Å². The lowest BCUT2D eigenvalue weighted by Gasteiger charge is -2.44. The second kappa shape index (κ2) is 18.4. The summed E-state index contributed by atoms with van der Waals surface area (Å²) < 4.78 is 52.6. The number of carbonyl (C=O) groups excluding carboxylic acids is 2. The van der Waals surface area contributed by atoms with Crippen molar-refractivity contribution in [2.75, 3.05) is 35.4 Å². The van der Waals surface area contributed by atoms with Crippen molar-refractivity contribution >= 4 is 11.8 Å². The second-order valence-corrected chi connectivity index (χ2v) is 18.2. The zero-order chi connectivity index (χ0) is 41.6. The molecule has 0 amide bonds. The normalized spacial score (nSPS) is 42.1. The van der Waals surface area contributed by atoms with Gasteiger partial charge in [-0.2, -0.15) is 0 Å². The van der Waals surface area contributed by atoms with Gasteiger partial charge in [0.25, 0.3) is 0 Å². The van der Waals surface area contributed by atoms with Crippen LogP contribution >= 0.6 is 0 Å². The number of aromatic nitrogens is 2. The second-order valence-electron chi connectivity index (χ2n) is 18.2. The number of hydrogen-bond acceptors (Lipinski definition) is 12. The molecule has 7 rings (SSSR count). The molecule has 17 atom stereocenters. The summed E-state index contributed by atoms with van der Waals surface area (Å²) in [7, 11) is 11.3. The Hall–Kier alpha value is -2.23. The molecule has 0 spiro atoms. The molecule has 0 unspecified atom stereocenters. The molecule has 3 aliphatic heterocycles. The standard InChI is InChI=1S/C45H71N3O10/c1-12-26-15-14-16-34(58-37-18-17-33(47(6)7)24(4)54-37)23(3)41(50)32-21-29-28-19-27(57-45-44(53-11)43(52-10)42(51-9)25(5)55-45)20-31(28)40-39(46-35(13-2)48(40)8)38(29)30(32)22-36(49)56-26/h21,23-31,33-34,37-38,42-45H,12-20,22H2,1-11H3/t23-,24-,25+,26+,27+,28+,29+,30-,31-,33+,34+,37+,38-,42+,43-,44-,45+/m1/s1. The number of fused-ring (bicyclic) bond motifs is 8. The van der Waals surface area contributed by atoms with Gasteiger partial charge in [0.15, 0.2) is 18.4 Å². The molecule has 13 heteroatoms. The van der Waals surface area contributed by atoms with Crippen LogP contribution in [0.1, 0.15) is 121 Å². The summed E-state index contributed by atoms with van der Waals surface area (Å²) in [6, 6.07) is 0.322. The molecule has 326 valence electrons. The van der Waals surface area contributed by atoms with Crippen LogP contribution in [-0.4, -0.2) is 129 Å². The van der Waals surface area contributed by atoms with Gasteiger partial charge in [0.05, 0.1) is 36.5 Å². The van der Waals surface area contributed by atoms with Crippen molar-refractivity contribution in [3.63, 3.8) is 0 Å². The highest BCUT2D eigenvalue weighted by Crippen LogP contribution is 2.61. The molecule has 0 bridgehead atoms. The first kappa shape index (κ1) is 43.8. The molecule has 1 aromatic heterocycles. The maximum Gasteiger partial charge on any atom is 0.306 e. The van der Waals surface area contributed by atoms with Gasteiger partial charge in [-0.3, -0.25) is 9.59 Å². The number of methoxy groups -OCH3 is 3. The molecule has 13 nitrogen and oxygen atoms in total. The number of cyclic esters (lactones) is 1. The zero-order valence-electron chi connectivity index (χ0n) is 36.9. The van der Waals surface area contributed by atoms with Crippen LogP contribution in [0.15, 0.2) is 11.6 Å². The van der Waals surface area contributed by atoms with Crippen molar-refractivity contribution in [1.82, 2.24) is 14.5 Å². The average molecular weight is 814 g/mol. The van der Waals surface area contributed by atoms with Gasteiger partial charge in [-0.05, 0) is 96.7 Å². The van der Waals surface area contributed by atoms with Crippen LogP contribution in [0.5, 0.6) is 0 Å². The third-order valence-corrected chi connectivity index (χ3v) is 14.8. The number of hydrogen-bond donors (Lipinski definition) is 0. The topological polar surface area (TPSA) is 129 Å². The summed E-state index contributed by atoms with van der Waals surface area (Å²) in [6.45, 7) is 10.3. The van der Waals surface area contributed by atoms with Gasteiger partial charge in [-0.15, -0.1) is 0 Å². The van der Waals surface area contributed by atoms with Gasteiger partial charge >= 0.3 is 5.97 Å². The van der Waals surface area contributed by atoms with E-state index in [1.807, 2.05) is 13.8 Å². The van der Waals surface area contributed by atoms with Crippen LogP contribution in [0.25, 0.3) is 0 Å². The van der Waals surface area contributed by atoms with Crippen molar-refractivity contribution < 1.29 is 47.5 Å². The molecule has 3 saturated heterocycles. The Morgan fingerprint density at radius 2 is 1.62 bits per heavy atom. The highest BCUT2D eigenvalue weighted by molar-refractivity contribution is 5.99. The van der Waals surface area contributed by atoms with E-state index in [9.17, 15) is 4.79 Å². The molecular weight excluding hydrogens is 743 g/mol. The molecular formula is C45H71N3O10. The largest absolute Gasteiger partial charge is 0.462 e. The van der Waals surface area contributed by atoms with Crippen LogP contribution in [-0.2, 0) is 61.0 Å². The number of imidazole rings is 1. The highest BCUT2D eigenvalue weighted by atomic mass is 16.7. The molecule has 0 aromatic carbocycles. The predicted molar refractivity (Wildman–Crippen MR) is 216 cm³/mol. The number of carbonyl (C=O) groups is 2. The molecule has 4 fully saturated rings. The fraction of sp³-hybridized carbons (Fsp3) is 0.844. The minimum absolute atomic E-state index is 0.000587. The number of allylic oxidation sites excluding steroid dienone is 2. The lowest BCUT2D eigenvalue weighted by atomic mass is 9.66. The Morgan fingerprint density at radius 1 is 0.879 bits per heavy atom. The van der Waals surface area contributed by atoms with Crippen LogP contribution in [0.2, 0.25) is 0 Å². The smallest absolute Gasteiger partial charge is 0.306 e. The van der Waals surface area contributed by atoms with E-state index in [1.54, 1.807) is 21.3 Å². The Kier molecular flexibility index (Phi) is 13.9. The molecule has 1 aromatic rings. The minimum atomic E-state index is -0.642. The number of ketones is 1. The first-order chi connectivity index (χ1) is 27.8. The number of rotatable bonds is 10. The van der Waals surface area contributed by atoms with E-state index in [1.165, 1.54) is 5.69 Å². The molecule has 0 radical (unpaired) electrons. The van der Waals surface area contributed by atoms with E-state index in [2.05, 4.69) is 57.5 Å². The third kappa shape index (κ3) is 8.24. The molecule has 0 N–H and O–H groups in total. The zero-order valence-corrected chi connectivity index (χ0v) is 36.9. The van der Waals surface area contributed by atoms with E-state index in [-0.39, 0.29) is 96.8 Å². The van der Waals surface area contributed by atoms with E-state index < -0.39 is 18.3 Å². The van der Waals surface area contributed by atoms with Gasteiger partial charge in [-0.25, -0.2) is 4.98 Å². The van der Waals surface area contributed by atoms with Crippen LogP contribution in [0, 0.1) is 23.7 Å². The first-order valence-corrected chi connectivity index (χ1v) is 22.2. The summed E-state index contributed by atoms with van der Waals surface area (Å²) >= 11 is 0. The first-order valence-electron chi connectivity index (χ1n) is 22.2. The molecule has 6 aliphatic rings. The molecule has 1 saturated carbocycles. The van der Waals surface area contributed by atoms with E-state index in [4.69, 9.17) is 42.9 Å². The summed E-state index contributed by atoms with van der Waals surface area (Å²) in [5.41, 5.74) is 2.94. The van der Waals surface area contributed by atoms with Crippen LogP contribution < -0.4 is 0 Å². The van der Waals surface area contributed by atoms with Crippen molar-refractivity contribution in [3.05, 3.63) is 28.9 Å². The van der Waals surface area contributed by atoms with Crippen LogP contribution in [0.4, 0.5) is 0 Å². The summed E-state index contributed by atoms with van der Waals surface area (Å²) in [4.78, 5) is 36.6. The van der Waals surface area contributed by atoms with Crippen molar-refractivity contribution in [2.45, 2.75) is 178 Å². The Balaban J connectivity index is 1.21. The lowest BCUT2D eigenvalue weighted by Crippen LogP contribution is -2.59. The van der Waals surface area contributed by atoms with Gasteiger partial charge in [0.1, 0.15) is 30.2 Å². The Bertz CT molecular complexity index is 1630. The summed E-state index contributed by atoms with van der Waals surface area (Å²) in [5.74, 6) is 0.241. The monoisotopic (exact) mass is 814 g/mol. The SMILES string of the molecule is CCc1nc2c(n1C)[C@@H]1C[C@@H](O[C@@H]3O[C@@H](C)[C@H](OC)[C@@H](OC)[C@H]3OC)C[C@H]1[C@@H]1C=C3C(=O)[C@H](C)[C@@H](O[C@H]4CC[C@H](N(C)C)[C@@H](C)O4)CCC[C@H](CC)OC(=O)C[C@H]3[C@H]21. The van der Waals surface area contributed by atoms with Crippen molar-refractivity contribution in [2.24, 2.45) is 30.7 Å². The summed E-state index contributed by atoms with van der Waals surface area (Å²) in [5, 5.41) is 0. The molecule has 3 aliphatic carbocycles. The van der Waals surface area contributed by atoms with Gasteiger partial charge in [0.2, 0.25) is 0 Å². The van der Waals surface area contributed by atoms with Crippen molar-refractivity contribution in [3.8, 4) is 0 Å². The van der Waals surface area contributed by atoms with E-state index in [0.717, 1.165) is 68.5 Å². The van der Waals surface area contributed by atoms with Gasteiger partial charge in [0, 0.05) is 70.2 Å². The van der Waals surface area contributed by atoms with Crippen molar-refractivity contribution in [1.29, 1.82) is 0 Å². The van der Waals surface area contributed by atoms with E-state index >= 15 is 4.79 Å². The fourth-order valence-electron chi connectivity index (χ4n) is 11.8. The average Bonchev–Trinajstić information content (AvgIpc) is 3.88. The highest BCUT2D eigenvalue weighted by Gasteiger charge is 2.57. The quantitative estimate of drug-likeness (QED) is 0.263. The number of Topliss-reactive ketones (excluding diaryl/α,β-unsaturated/α-hetero) is 1. The molecule has 58 heavy (non-hydrogen) atoms. The summed E-state index contributed by atoms with van der Waals surface area (Å²) in [6.07, 6.45) is 6.34. The number of esters is 1. The van der Waals surface area contributed by atoms with Gasteiger partial charge in [-0.1, -0.05) is 26.8 Å². The Labute approximate surface area is 346 Å². The number of likely N-dealkylation sites (N-methyl/N-ethyl adjacent to an activating group) is 1. The van der Waals surface area contributed by atoms with Gasteiger partial charge < -0.3 is 47.4 Å². The third-order valence-electron chi connectivity index (χ3n) is 14.8. The molecule has 4 heterocycles. The Morgan fingerprint density at radius 3 is 2.28 bits per heavy atom. The van der Waals surface area contributed by atoms with E-state index in [0.29, 0.717) is 12.5 Å². The fourth-order valence-corrected chi connectivity index (χ4v) is 11.8. The minimum Gasteiger partial charge on any atom is -0.462 e.